The highest BCUT2D eigenvalue weighted by Crippen LogP contribution is 2.36. The molecule has 0 saturated heterocycles. The molecular formula is C25H28ClFN3O8P. The number of anilines is 1. The summed E-state index contributed by atoms with van der Waals surface area (Å²) in [4.78, 5) is 48.5. The SMILES string of the molecule is CN(C(=O)CCc1cccc(F)c1Cl)[C@@H](COC(=O)Nc1cc2ccccc2cn1)C[C@H](O)COP(=O)(O)O. The second-order valence-corrected chi connectivity index (χ2v) is 10.3. The molecule has 39 heavy (non-hydrogen) atoms. The van der Waals surface area contributed by atoms with Gasteiger partial charge in [0.1, 0.15) is 18.2 Å². The smallest absolute Gasteiger partial charge is 0.447 e. The fraction of sp³-hybridized carbons (Fsp3) is 0.320. The van der Waals surface area contributed by atoms with E-state index in [1.807, 2.05) is 24.3 Å². The van der Waals surface area contributed by atoms with Gasteiger partial charge in [0.2, 0.25) is 5.91 Å². The average molecular weight is 584 g/mol. The molecule has 0 bridgehead atoms. The third kappa shape index (κ3) is 9.54. The minimum absolute atomic E-state index is 0.0710. The van der Waals surface area contributed by atoms with Crippen molar-refractivity contribution in [1.82, 2.24) is 9.88 Å². The predicted octanol–water partition coefficient (Wildman–Crippen LogP) is 3.90. The highest BCUT2D eigenvalue weighted by Gasteiger charge is 2.26. The van der Waals surface area contributed by atoms with Gasteiger partial charge in [-0.3, -0.25) is 14.6 Å². The summed E-state index contributed by atoms with van der Waals surface area (Å²) >= 11 is 5.96. The number of aryl methyl sites for hydroxylation is 1. The van der Waals surface area contributed by atoms with Gasteiger partial charge in [-0.25, -0.2) is 18.7 Å². The van der Waals surface area contributed by atoms with Gasteiger partial charge in [0, 0.05) is 25.1 Å². The van der Waals surface area contributed by atoms with Crippen LogP contribution in [-0.4, -0.2) is 69.2 Å². The number of carbonyl (C=O) groups excluding carboxylic acids is 2. The lowest BCUT2D eigenvalue weighted by molar-refractivity contribution is -0.133. The first kappa shape index (κ1) is 30.4. The Morgan fingerprint density at radius 1 is 1.15 bits per heavy atom. The van der Waals surface area contributed by atoms with Crippen molar-refractivity contribution in [1.29, 1.82) is 0 Å². The maximum absolute atomic E-state index is 13.7. The van der Waals surface area contributed by atoms with E-state index in [4.69, 9.17) is 26.1 Å². The zero-order valence-corrected chi connectivity index (χ0v) is 22.5. The summed E-state index contributed by atoms with van der Waals surface area (Å²) in [5.41, 5.74) is 0.434. The Labute approximate surface area is 228 Å². The molecule has 0 radical (unpaired) electrons. The molecule has 0 fully saturated rings. The number of halogens is 2. The number of nitrogens with one attached hydrogen (secondary N) is 1. The van der Waals surface area contributed by atoms with Crippen LogP contribution in [-0.2, 0) is 25.0 Å². The van der Waals surface area contributed by atoms with Gasteiger partial charge < -0.3 is 24.5 Å². The van der Waals surface area contributed by atoms with E-state index in [0.29, 0.717) is 5.56 Å². The topological polar surface area (TPSA) is 159 Å². The Morgan fingerprint density at radius 3 is 2.59 bits per heavy atom. The number of phosphoric acid groups is 1. The summed E-state index contributed by atoms with van der Waals surface area (Å²) in [6.07, 6.45) is -0.850. The molecule has 210 valence electrons. The van der Waals surface area contributed by atoms with Gasteiger partial charge in [-0.1, -0.05) is 48.0 Å². The first-order valence-corrected chi connectivity index (χ1v) is 13.7. The summed E-state index contributed by atoms with van der Waals surface area (Å²) in [5.74, 6) is -0.799. The van der Waals surface area contributed by atoms with Crippen LogP contribution in [0.25, 0.3) is 10.8 Å². The van der Waals surface area contributed by atoms with Crippen LogP contribution in [0.15, 0.2) is 54.7 Å². The van der Waals surface area contributed by atoms with Crippen molar-refractivity contribution < 1.29 is 42.7 Å². The van der Waals surface area contributed by atoms with Crippen LogP contribution in [0.5, 0.6) is 0 Å². The molecule has 2 amide bonds. The van der Waals surface area contributed by atoms with E-state index in [9.17, 15) is 23.7 Å². The Bertz CT molecular complexity index is 1360. The molecule has 3 aromatic rings. The van der Waals surface area contributed by atoms with Crippen molar-refractivity contribution >= 4 is 48.0 Å². The van der Waals surface area contributed by atoms with Crippen LogP contribution in [0.1, 0.15) is 18.4 Å². The summed E-state index contributed by atoms with van der Waals surface area (Å²) in [6, 6.07) is 12.4. The number of rotatable bonds is 12. The molecule has 2 atom stereocenters. The molecule has 0 aliphatic rings. The number of aromatic nitrogens is 1. The third-order valence-electron chi connectivity index (χ3n) is 5.83. The fourth-order valence-electron chi connectivity index (χ4n) is 3.73. The summed E-state index contributed by atoms with van der Waals surface area (Å²) < 4.78 is 34.3. The van der Waals surface area contributed by atoms with Crippen molar-refractivity contribution in [2.45, 2.75) is 31.4 Å². The average Bonchev–Trinajstić information content (AvgIpc) is 2.89. The zero-order chi connectivity index (χ0) is 28.6. The van der Waals surface area contributed by atoms with Crippen molar-refractivity contribution in [2.75, 3.05) is 25.6 Å². The Kier molecular flexibility index (Phi) is 10.8. The molecule has 0 unspecified atom stereocenters. The number of aliphatic hydroxyl groups excluding tert-OH is 1. The molecule has 3 rings (SSSR count). The maximum atomic E-state index is 13.7. The van der Waals surface area contributed by atoms with Crippen LogP contribution in [0, 0.1) is 5.82 Å². The first-order chi connectivity index (χ1) is 18.4. The Balaban J connectivity index is 1.64. The largest absolute Gasteiger partial charge is 0.469 e. The second kappa shape index (κ2) is 13.8. The highest BCUT2D eigenvalue weighted by atomic mass is 35.5. The van der Waals surface area contributed by atoms with Crippen LogP contribution in [0.4, 0.5) is 15.0 Å². The number of hydrogen-bond acceptors (Lipinski definition) is 7. The molecular weight excluding hydrogens is 556 g/mol. The van der Waals surface area contributed by atoms with Gasteiger partial charge in [0.05, 0.1) is 23.8 Å². The van der Waals surface area contributed by atoms with Gasteiger partial charge in [0.25, 0.3) is 0 Å². The molecule has 4 N–H and O–H groups in total. The number of nitrogens with zero attached hydrogens (tertiary/aromatic N) is 2. The van der Waals surface area contributed by atoms with E-state index in [2.05, 4.69) is 14.8 Å². The minimum atomic E-state index is -4.83. The lowest BCUT2D eigenvalue weighted by Gasteiger charge is -2.29. The highest BCUT2D eigenvalue weighted by molar-refractivity contribution is 7.46. The number of carbonyl (C=O) groups is 2. The number of ether oxygens (including phenoxy) is 1. The van der Waals surface area contributed by atoms with Crippen molar-refractivity contribution in [2.24, 2.45) is 0 Å². The molecule has 0 aliphatic carbocycles. The van der Waals surface area contributed by atoms with Crippen molar-refractivity contribution in [3.8, 4) is 0 Å². The van der Waals surface area contributed by atoms with Crippen LogP contribution < -0.4 is 5.32 Å². The van der Waals surface area contributed by atoms with E-state index in [0.717, 1.165) is 10.8 Å². The predicted molar refractivity (Wildman–Crippen MR) is 142 cm³/mol. The third-order valence-corrected chi connectivity index (χ3v) is 6.74. The van der Waals surface area contributed by atoms with E-state index < -0.39 is 44.4 Å². The quantitative estimate of drug-likeness (QED) is 0.232. The van der Waals surface area contributed by atoms with E-state index in [-0.39, 0.29) is 36.7 Å². The second-order valence-electron chi connectivity index (χ2n) is 8.69. The van der Waals surface area contributed by atoms with Gasteiger partial charge in [-0.15, -0.1) is 0 Å². The number of phosphoric ester groups is 1. The normalized spacial score (nSPS) is 13.1. The van der Waals surface area contributed by atoms with Crippen molar-refractivity contribution in [3.63, 3.8) is 0 Å². The summed E-state index contributed by atoms with van der Waals surface area (Å²) in [6.45, 7) is -1.08. The number of pyridine rings is 1. The molecule has 1 heterocycles. The molecule has 11 nitrogen and oxygen atoms in total. The van der Waals surface area contributed by atoms with Gasteiger partial charge in [0.15, 0.2) is 0 Å². The Morgan fingerprint density at radius 2 is 1.87 bits per heavy atom. The van der Waals surface area contributed by atoms with Gasteiger partial charge >= 0.3 is 13.9 Å². The summed E-state index contributed by atoms with van der Waals surface area (Å²) in [7, 11) is -3.41. The molecule has 0 aliphatic heterocycles. The summed E-state index contributed by atoms with van der Waals surface area (Å²) in [5, 5.41) is 14.4. The lowest BCUT2D eigenvalue weighted by Crippen LogP contribution is -2.43. The van der Waals surface area contributed by atoms with Crippen LogP contribution in [0.3, 0.4) is 0 Å². The first-order valence-electron chi connectivity index (χ1n) is 11.8. The van der Waals surface area contributed by atoms with E-state index in [1.165, 1.54) is 24.1 Å². The van der Waals surface area contributed by atoms with E-state index >= 15 is 0 Å². The van der Waals surface area contributed by atoms with Crippen LogP contribution in [0.2, 0.25) is 5.02 Å². The Hall–Kier alpha value is -3.12. The fourth-order valence-corrected chi connectivity index (χ4v) is 4.32. The number of hydrogen-bond donors (Lipinski definition) is 4. The standard InChI is InChI=1S/C25H28ClFN3O8P/c1-30(23(32)10-9-16-7-4-8-21(27)24(16)26)19(12-20(31)15-38-39(34,35)36)14-37-25(33)29-22-11-17-5-2-3-6-18(17)13-28-22/h2-8,11,13,19-20,31H,9-10,12,14-15H2,1H3,(H,28,29,33)(H2,34,35,36)/t19-,20+/m1/s1. The number of likely N-dealkylation sites (N-methyl/N-ethyl adjacent to an activating group) is 1. The minimum Gasteiger partial charge on any atom is -0.447 e. The molecule has 1 aromatic heterocycles. The van der Waals surface area contributed by atoms with E-state index in [1.54, 1.807) is 18.3 Å². The number of benzene rings is 2. The molecule has 0 spiro atoms. The van der Waals surface area contributed by atoms with Crippen LogP contribution >= 0.6 is 19.4 Å². The molecule has 0 saturated carbocycles. The monoisotopic (exact) mass is 583 g/mol. The maximum Gasteiger partial charge on any atom is 0.469 e. The molecule has 2 aromatic carbocycles. The number of aliphatic hydroxyl groups is 1. The molecule has 14 heteroatoms. The zero-order valence-electron chi connectivity index (χ0n) is 20.9. The van der Waals surface area contributed by atoms with Gasteiger partial charge in [-0.2, -0.15) is 0 Å². The van der Waals surface area contributed by atoms with Gasteiger partial charge in [-0.05, 0) is 35.9 Å². The number of fused-ring (bicyclic) bond motifs is 1. The lowest BCUT2D eigenvalue weighted by atomic mass is 10.1. The number of amides is 2. The van der Waals surface area contributed by atoms with Crippen molar-refractivity contribution in [3.05, 3.63) is 71.1 Å².